The molecule has 112 valence electrons. The second-order valence-electron chi connectivity index (χ2n) is 4.78. The molecule has 0 aromatic heterocycles. The highest BCUT2D eigenvalue weighted by Gasteiger charge is 2.21. The second-order valence-corrected chi connectivity index (χ2v) is 6.30. The summed E-state index contributed by atoms with van der Waals surface area (Å²) >= 11 is 6.51. The number of nitrogens with two attached hydrogens (primary N) is 1. The molecule has 0 spiro atoms. The van der Waals surface area contributed by atoms with Gasteiger partial charge in [0.05, 0.1) is 17.6 Å². The lowest BCUT2D eigenvalue weighted by Gasteiger charge is -2.32. The molecule has 0 atom stereocenters. The van der Waals surface area contributed by atoms with Gasteiger partial charge in [-0.25, -0.2) is 0 Å². The van der Waals surface area contributed by atoms with Crippen LogP contribution in [0, 0.1) is 0 Å². The minimum Gasteiger partial charge on any atom is -0.375 e. The van der Waals surface area contributed by atoms with Crippen molar-refractivity contribution in [1.29, 1.82) is 0 Å². The van der Waals surface area contributed by atoms with Crippen LogP contribution in [-0.2, 0) is 0 Å². The fraction of sp³-hybridized carbons (Fsp3) is 0.125. The third kappa shape index (κ3) is 2.93. The summed E-state index contributed by atoms with van der Waals surface area (Å²) in [4.78, 5) is 4.82. The SMILES string of the molecule is CCN1c2ccccc2Sc2cc(C=NNC(N)=S)ccc21. The molecule has 0 amide bonds. The summed E-state index contributed by atoms with van der Waals surface area (Å²) in [6, 6.07) is 14.8. The van der Waals surface area contributed by atoms with Crippen LogP contribution in [0.5, 0.6) is 0 Å². The Morgan fingerprint density at radius 1 is 1.27 bits per heavy atom. The highest BCUT2D eigenvalue weighted by Crippen LogP contribution is 2.47. The molecule has 3 rings (SSSR count). The molecule has 1 aliphatic heterocycles. The first-order chi connectivity index (χ1) is 10.7. The van der Waals surface area contributed by atoms with Crippen molar-refractivity contribution in [2.45, 2.75) is 16.7 Å². The zero-order chi connectivity index (χ0) is 15.5. The maximum absolute atomic E-state index is 5.35. The lowest BCUT2D eigenvalue weighted by atomic mass is 10.1. The molecule has 3 N–H and O–H groups in total. The van der Waals surface area contributed by atoms with Crippen LogP contribution in [-0.4, -0.2) is 17.9 Å². The quantitative estimate of drug-likeness (QED) is 0.513. The third-order valence-corrected chi connectivity index (χ3v) is 4.56. The molecule has 0 saturated heterocycles. The van der Waals surface area contributed by atoms with E-state index in [0.29, 0.717) is 0 Å². The van der Waals surface area contributed by atoms with E-state index in [1.54, 1.807) is 18.0 Å². The van der Waals surface area contributed by atoms with Gasteiger partial charge in [0.25, 0.3) is 0 Å². The molecule has 0 fully saturated rings. The average Bonchev–Trinajstić information content (AvgIpc) is 2.52. The van der Waals surface area contributed by atoms with E-state index in [1.807, 2.05) is 6.07 Å². The van der Waals surface area contributed by atoms with Gasteiger partial charge in [-0.3, -0.25) is 5.43 Å². The highest BCUT2D eigenvalue weighted by molar-refractivity contribution is 7.99. The van der Waals surface area contributed by atoms with E-state index in [4.69, 9.17) is 18.0 Å². The molecule has 1 heterocycles. The van der Waals surface area contributed by atoms with Crippen LogP contribution >= 0.6 is 24.0 Å². The van der Waals surface area contributed by atoms with Gasteiger partial charge in [0.1, 0.15) is 0 Å². The molecule has 0 aliphatic carbocycles. The largest absolute Gasteiger partial charge is 0.375 e. The number of hydrogen-bond acceptors (Lipinski definition) is 4. The predicted molar refractivity (Wildman–Crippen MR) is 97.2 cm³/mol. The number of rotatable bonds is 3. The summed E-state index contributed by atoms with van der Waals surface area (Å²) in [5.41, 5.74) is 11.4. The Hall–Kier alpha value is -2.05. The summed E-state index contributed by atoms with van der Waals surface area (Å²) in [5.74, 6) is 0. The number of anilines is 2. The number of fused-ring (bicyclic) bond motifs is 2. The first kappa shape index (κ1) is 14.9. The molecule has 6 heteroatoms. The number of para-hydroxylation sites is 1. The standard InChI is InChI=1S/C16H16N4S2/c1-2-20-12-5-3-4-6-14(12)22-15-9-11(7-8-13(15)20)10-18-19-16(17)21/h3-10H,2H2,1H3,(H3,17,19,21). The van der Waals surface area contributed by atoms with Gasteiger partial charge in [-0.15, -0.1) is 0 Å². The zero-order valence-electron chi connectivity index (χ0n) is 12.1. The van der Waals surface area contributed by atoms with E-state index in [-0.39, 0.29) is 5.11 Å². The Morgan fingerprint density at radius 2 is 2.05 bits per heavy atom. The monoisotopic (exact) mass is 328 g/mol. The molecule has 0 bridgehead atoms. The molecule has 0 radical (unpaired) electrons. The van der Waals surface area contributed by atoms with Crippen molar-refractivity contribution in [3.8, 4) is 0 Å². The van der Waals surface area contributed by atoms with Gasteiger partial charge >= 0.3 is 0 Å². The number of hydrogen-bond donors (Lipinski definition) is 2. The van der Waals surface area contributed by atoms with Crippen LogP contribution in [0.1, 0.15) is 12.5 Å². The van der Waals surface area contributed by atoms with Gasteiger partial charge in [0.15, 0.2) is 5.11 Å². The normalized spacial score (nSPS) is 12.9. The molecule has 22 heavy (non-hydrogen) atoms. The van der Waals surface area contributed by atoms with Crippen molar-refractivity contribution in [3.05, 3.63) is 48.0 Å². The Bertz CT molecular complexity index is 743. The Morgan fingerprint density at radius 3 is 2.82 bits per heavy atom. The van der Waals surface area contributed by atoms with E-state index in [1.165, 1.54) is 21.2 Å². The first-order valence-electron chi connectivity index (χ1n) is 6.96. The van der Waals surface area contributed by atoms with Gasteiger partial charge in [-0.05, 0) is 49.0 Å². The average molecular weight is 328 g/mol. The van der Waals surface area contributed by atoms with E-state index >= 15 is 0 Å². The van der Waals surface area contributed by atoms with Crippen LogP contribution in [0.2, 0.25) is 0 Å². The number of nitrogens with zero attached hydrogens (tertiary/aromatic N) is 2. The maximum Gasteiger partial charge on any atom is 0.184 e. The fourth-order valence-corrected chi connectivity index (χ4v) is 3.64. The lowest BCUT2D eigenvalue weighted by molar-refractivity contribution is 0.979. The van der Waals surface area contributed by atoms with E-state index in [9.17, 15) is 0 Å². The summed E-state index contributed by atoms with van der Waals surface area (Å²) in [7, 11) is 0. The first-order valence-corrected chi connectivity index (χ1v) is 8.18. The summed E-state index contributed by atoms with van der Waals surface area (Å²) in [6.45, 7) is 3.10. The Kier molecular flexibility index (Phi) is 4.31. The zero-order valence-corrected chi connectivity index (χ0v) is 13.7. The minimum absolute atomic E-state index is 0.162. The van der Waals surface area contributed by atoms with Gasteiger partial charge in [0.2, 0.25) is 0 Å². The van der Waals surface area contributed by atoms with Crippen molar-refractivity contribution in [1.82, 2.24) is 5.43 Å². The summed E-state index contributed by atoms with van der Waals surface area (Å²) in [5, 5.41) is 4.17. The molecule has 2 aromatic carbocycles. The summed E-state index contributed by atoms with van der Waals surface area (Å²) in [6.07, 6.45) is 1.72. The van der Waals surface area contributed by atoms with Crippen LogP contribution in [0.3, 0.4) is 0 Å². The van der Waals surface area contributed by atoms with Crippen LogP contribution in [0.15, 0.2) is 57.4 Å². The topological polar surface area (TPSA) is 53.6 Å². The number of thiocarbonyl (C=S) groups is 1. The van der Waals surface area contributed by atoms with Gasteiger partial charge in [-0.1, -0.05) is 30.0 Å². The van der Waals surface area contributed by atoms with Crippen LogP contribution < -0.4 is 16.1 Å². The molecule has 2 aromatic rings. The Labute approximate surface area is 139 Å². The van der Waals surface area contributed by atoms with Crippen molar-refractivity contribution < 1.29 is 0 Å². The predicted octanol–water partition coefficient (Wildman–Crippen LogP) is 3.48. The van der Waals surface area contributed by atoms with Gasteiger partial charge in [-0.2, -0.15) is 5.10 Å². The van der Waals surface area contributed by atoms with E-state index in [0.717, 1.165) is 12.1 Å². The van der Waals surface area contributed by atoms with Crippen molar-refractivity contribution in [2.24, 2.45) is 10.8 Å². The second kappa shape index (κ2) is 6.37. The fourth-order valence-electron chi connectivity index (χ4n) is 2.44. The van der Waals surface area contributed by atoms with Gasteiger partial charge < -0.3 is 10.6 Å². The van der Waals surface area contributed by atoms with E-state index in [2.05, 4.69) is 58.7 Å². The molecule has 0 saturated carbocycles. The van der Waals surface area contributed by atoms with Crippen LogP contribution in [0.4, 0.5) is 11.4 Å². The van der Waals surface area contributed by atoms with Gasteiger partial charge in [0, 0.05) is 16.3 Å². The lowest BCUT2D eigenvalue weighted by Crippen LogP contribution is -2.24. The smallest absolute Gasteiger partial charge is 0.184 e. The molecular weight excluding hydrogens is 312 g/mol. The third-order valence-electron chi connectivity index (χ3n) is 3.36. The molecule has 1 aliphatic rings. The number of hydrazone groups is 1. The van der Waals surface area contributed by atoms with Crippen molar-refractivity contribution in [3.63, 3.8) is 0 Å². The number of benzene rings is 2. The van der Waals surface area contributed by atoms with E-state index < -0.39 is 0 Å². The minimum atomic E-state index is 0.162. The number of nitrogens with one attached hydrogen (secondary N) is 1. The van der Waals surface area contributed by atoms with Crippen molar-refractivity contribution >= 4 is 46.7 Å². The molecule has 0 unspecified atom stereocenters. The summed E-state index contributed by atoms with van der Waals surface area (Å²) < 4.78 is 0. The van der Waals surface area contributed by atoms with Crippen LogP contribution in [0.25, 0.3) is 0 Å². The highest BCUT2D eigenvalue weighted by atomic mass is 32.2. The van der Waals surface area contributed by atoms with Crippen molar-refractivity contribution in [2.75, 3.05) is 11.4 Å². The Balaban J connectivity index is 1.94. The molecular formula is C16H16N4S2. The molecule has 4 nitrogen and oxygen atoms in total. The maximum atomic E-state index is 5.35.